The van der Waals surface area contributed by atoms with Gasteiger partial charge in [-0.15, -0.1) is 0 Å². The van der Waals surface area contributed by atoms with Gasteiger partial charge in [0.1, 0.15) is 12.4 Å². The number of aromatic nitrogens is 1. The number of pyridine rings is 1. The average molecular weight is 258 g/mol. The summed E-state index contributed by atoms with van der Waals surface area (Å²) >= 11 is 0. The van der Waals surface area contributed by atoms with Crippen LogP contribution in [0.15, 0.2) is 18.5 Å². The normalized spacial score (nSPS) is 15.5. The van der Waals surface area contributed by atoms with E-state index >= 15 is 0 Å². The van der Waals surface area contributed by atoms with Crippen molar-refractivity contribution in [2.45, 2.75) is 25.1 Å². The number of nitrogens with one attached hydrogen (secondary N) is 1. The largest absolute Gasteiger partial charge is 0.405 e. The molecule has 1 fully saturated rings. The molecule has 1 aliphatic rings. The van der Waals surface area contributed by atoms with Crippen LogP contribution in [-0.2, 0) is 0 Å². The molecular weight excluding hydrogens is 245 g/mol. The van der Waals surface area contributed by atoms with Gasteiger partial charge in [0.25, 0.3) is 0 Å². The summed E-state index contributed by atoms with van der Waals surface area (Å²) in [5, 5.41) is 7.40. The molecule has 1 aliphatic carbocycles. The average Bonchev–Trinajstić information content (AvgIpc) is 3.08. The minimum Gasteiger partial charge on any atom is -0.384 e. The maximum Gasteiger partial charge on any atom is 0.405 e. The Balaban J connectivity index is 2.33. The van der Waals surface area contributed by atoms with Gasteiger partial charge < -0.3 is 10.6 Å². The second kappa shape index (κ2) is 4.47. The molecule has 0 radical (unpaired) electrons. The van der Waals surface area contributed by atoms with Gasteiger partial charge in [-0.05, 0) is 18.9 Å². The number of nitrogens with zero attached hydrogens (tertiary/aromatic N) is 2. The zero-order chi connectivity index (χ0) is 13.3. The lowest BCUT2D eigenvalue weighted by Gasteiger charge is -2.27. The minimum atomic E-state index is -4.29. The van der Waals surface area contributed by atoms with Crippen LogP contribution in [0.4, 0.5) is 18.9 Å². The SMILES string of the molecule is N=C(N)c1ccncc1N(CC(F)(F)F)C1CC1. The van der Waals surface area contributed by atoms with Crippen molar-refractivity contribution in [3.8, 4) is 0 Å². The summed E-state index contributed by atoms with van der Waals surface area (Å²) in [5.41, 5.74) is 5.96. The van der Waals surface area contributed by atoms with Crippen molar-refractivity contribution in [3.05, 3.63) is 24.0 Å². The molecule has 4 nitrogen and oxygen atoms in total. The third kappa shape index (κ3) is 2.91. The Hall–Kier alpha value is -1.79. The lowest BCUT2D eigenvalue weighted by Crippen LogP contribution is -2.37. The Morgan fingerprint density at radius 1 is 1.50 bits per heavy atom. The minimum absolute atomic E-state index is 0.131. The fourth-order valence-electron chi connectivity index (χ4n) is 1.83. The molecule has 98 valence electrons. The van der Waals surface area contributed by atoms with Gasteiger partial charge in [-0.1, -0.05) is 0 Å². The van der Waals surface area contributed by atoms with Gasteiger partial charge in [0.05, 0.1) is 11.9 Å². The van der Waals surface area contributed by atoms with E-state index in [1.807, 2.05) is 0 Å². The highest BCUT2D eigenvalue weighted by molar-refractivity contribution is 6.00. The molecule has 0 unspecified atom stereocenters. The van der Waals surface area contributed by atoms with E-state index in [2.05, 4.69) is 4.98 Å². The molecule has 0 saturated heterocycles. The molecule has 1 saturated carbocycles. The van der Waals surface area contributed by atoms with Gasteiger partial charge in [-0.2, -0.15) is 13.2 Å². The first kappa shape index (κ1) is 12.7. The van der Waals surface area contributed by atoms with Gasteiger partial charge >= 0.3 is 6.18 Å². The predicted octanol–water partition coefficient (Wildman–Crippen LogP) is 1.90. The standard InChI is InChI=1S/C11H13F3N4/c12-11(13,14)6-18(7-1-2-7)9-5-17-4-3-8(9)10(15)16/h3-5,7H,1-2,6H2,(H3,15,16). The maximum atomic E-state index is 12.6. The van der Waals surface area contributed by atoms with E-state index < -0.39 is 12.7 Å². The van der Waals surface area contributed by atoms with Crippen molar-refractivity contribution in [1.29, 1.82) is 5.41 Å². The molecule has 0 spiro atoms. The van der Waals surface area contributed by atoms with Crippen LogP contribution in [0.1, 0.15) is 18.4 Å². The summed E-state index contributed by atoms with van der Waals surface area (Å²) in [5.74, 6) is -0.250. The summed E-state index contributed by atoms with van der Waals surface area (Å²) < 4.78 is 37.7. The van der Waals surface area contributed by atoms with Crippen LogP contribution in [-0.4, -0.2) is 29.6 Å². The first-order valence-electron chi connectivity index (χ1n) is 5.50. The van der Waals surface area contributed by atoms with Crippen molar-refractivity contribution in [2.75, 3.05) is 11.4 Å². The van der Waals surface area contributed by atoms with Crippen LogP contribution in [0, 0.1) is 5.41 Å². The molecule has 1 aromatic rings. The topological polar surface area (TPSA) is 66.0 Å². The number of alkyl halides is 3. The number of nitrogens with two attached hydrogens (primary N) is 1. The van der Waals surface area contributed by atoms with Crippen molar-refractivity contribution in [2.24, 2.45) is 5.73 Å². The highest BCUT2D eigenvalue weighted by Gasteiger charge is 2.39. The Morgan fingerprint density at radius 3 is 2.67 bits per heavy atom. The van der Waals surface area contributed by atoms with E-state index in [1.54, 1.807) is 0 Å². The van der Waals surface area contributed by atoms with Crippen molar-refractivity contribution in [1.82, 2.24) is 4.98 Å². The van der Waals surface area contributed by atoms with E-state index in [4.69, 9.17) is 11.1 Å². The Labute approximate surface area is 102 Å². The molecule has 0 aliphatic heterocycles. The van der Waals surface area contributed by atoms with Crippen molar-refractivity contribution >= 4 is 11.5 Å². The van der Waals surface area contributed by atoms with Gasteiger partial charge in [0, 0.05) is 17.8 Å². The van der Waals surface area contributed by atoms with Crippen LogP contribution in [0.3, 0.4) is 0 Å². The quantitative estimate of drug-likeness (QED) is 0.640. The summed E-state index contributed by atoms with van der Waals surface area (Å²) in [4.78, 5) is 5.07. The van der Waals surface area contributed by atoms with Gasteiger partial charge in [0.2, 0.25) is 0 Å². The first-order chi connectivity index (χ1) is 8.38. The summed E-state index contributed by atoms with van der Waals surface area (Å²) in [6.07, 6.45) is -0.0865. The molecule has 2 rings (SSSR count). The third-order valence-electron chi connectivity index (χ3n) is 2.74. The smallest absolute Gasteiger partial charge is 0.384 e. The highest BCUT2D eigenvalue weighted by Crippen LogP contribution is 2.35. The molecule has 0 bridgehead atoms. The molecule has 0 amide bonds. The van der Waals surface area contributed by atoms with Crippen LogP contribution in [0.5, 0.6) is 0 Å². The second-order valence-electron chi connectivity index (χ2n) is 4.28. The van der Waals surface area contributed by atoms with Gasteiger partial charge in [0.15, 0.2) is 0 Å². The van der Waals surface area contributed by atoms with Crippen molar-refractivity contribution in [3.63, 3.8) is 0 Å². The molecular formula is C11H13F3N4. The number of rotatable bonds is 4. The highest BCUT2D eigenvalue weighted by atomic mass is 19.4. The fraction of sp³-hybridized carbons (Fsp3) is 0.455. The van der Waals surface area contributed by atoms with Gasteiger partial charge in [-0.3, -0.25) is 10.4 Å². The van der Waals surface area contributed by atoms with E-state index in [0.717, 1.165) is 12.8 Å². The lowest BCUT2D eigenvalue weighted by molar-refractivity contribution is -0.120. The monoisotopic (exact) mass is 258 g/mol. The number of hydrogen-bond donors (Lipinski definition) is 2. The summed E-state index contributed by atoms with van der Waals surface area (Å²) in [6.45, 7) is -1.04. The number of nitrogen functional groups attached to an aromatic ring is 1. The zero-order valence-corrected chi connectivity index (χ0v) is 9.54. The number of halogens is 3. The van der Waals surface area contributed by atoms with E-state index in [-0.39, 0.29) is 17.6 Å². The number of amidine groups is 1. The second-order valence-corrected chi connectivity index (χ2v) is 4.28. The number of anilines is 1. The lowest BCUT2D eigenvalue weighted by atomic mass is 10.2. The Kier molecular flexibility index (Phi) is 3.14. The molecule has 1 heterocycles. The Bertz CT molecular complexity index is 454. The van der Waals surface area contributed by atoms with Crippen LogP contribution >= 0.6 is 0 Å². The summed E-state index contributed by atoms with van der Waals surface area (Å²) in [6, 6.07) is 1.33. The van der Waals surface area contributed by atoms with Crippen LogP contribution in [0.2, 0.25) is 0 Å². The molecule has 18 heavy (non-hydrogen) atoms. The molecule has 1 aromatic heterocycles. The molecule has 7 heteroatoms. The number of hydrogen-bond acceptors (Lipinski definition) is 3. The zero-order valence-electron chi connectivity index (χ0n) is 9.54. The Morgan fingerprint density at radius 2 is 2.17 bits per heavy atom. The molecule has 3 N–H and O–H groups in total. The predicted molar refractivity (Wildman–Crippen MR) is 61.7 cm³/mol. The van der Waals surface area contributed by atoms with Crippen LogP contribution < -0.4 is 10.6 Å². The van der Waals surface area contributed by atoms with Gasteiger partial charge in [-0.25, -0.2) is 0 Å². The van der Waals surface area contributed by atoms with E-state index in [9.17, 15) is 13.2 Å². The maximum absolute atomic E-state index is 12.6. The van der Waals surface area contributed by atoms with Crippen LogP contribution in [0.25, 0.3) is 0 Å². The first-order valence-corrected chi connectivity index (χ1v) is 5.50. The molecule has 0 atom stereocenters. The van der Waals surface area contributed by atoms with E-state index in [1.165, 1.54) is 23.4 Å². The third-order valence-corrected chi connectivity index (χ3v) is 2.74. The van der Waals surface area contributed by atoms with E-state index in [0.29, 0.717) is 5.56 Å². The summed E-state index contributed by atoms with van der Waals surface area (Å²) in [7, 11) is 0. The molecule has 0 aromatic carbocycles. The van der Waals surface area contributed by atoms with Crippen molar-refractivity contribution < 1.29 is 13.2 Å². The fourth-order valence-corrected chi connectivity index (χ4v) is 1.83.